The minimum absolute atomic E-state index is 1.24. The first-order valence-electron chi connectivity index (χ1n) is 19.9. The van der Waals surface area contributed by atoms with Crippen LogP contribution in [-0.2, 0) is 0 Å². The van der Waals surface area contributed by atoms with Gasteiger partial charge in [-0.05, 0) is 130 Å². The van der Waals surface area contributed by atoms with E-state index in [1.165, 1.54) is 128 Å². The number of hydrogen-bond acceptors (Lipinski definition) is 2. The molecule has 268 valence electrons. The molecule has 13 rings (SSSR count). The van der Waals surface area contributed by atoms with E-state index in [1.807, 2.05) is 22.7 Å². The Hall–Kier alpha value is -6.84. The second kappa shape index (κ2) is 12.3. The average molecular weight is 769 g/mol. The molecule has 0 spiro atoms. The van der Waals surface area contributed by atoms with E-state index in [2.05, 4.69) is 194 Å². The van der Waals surface area contributed by atoms with Crippen molar-refractivity contribution in [1.29, 1.82) is 0 Å². The Morgan fingerprint density at radius 1 is 0.224 bits per heavy atom. The van der Waals surface area contributed by atoms with Crippen molar-refractivity contribution < 1.29 is 0 Å². The molecule has 13 aromatic rings. The Kier molecular flexibility index (Phi) is 6.86. The van der Waals surface area contributed by atoms with Crippen molar-refractivity contribution >= 4 is 117 Å². The topological polar surface area (TPSA) is 0 Å². The van der Waals surface area contributed by atoms with Crippen molar-refractivity contribution in [2.24, 2.45) is 0 Å². The second-order valence-corrected chi connectivity index (χ2v) is 17.7. The van der Waals surface area contributed by atoms with Crippen molar-refractivity contribution in [1.82, 2.24) is 0 Å². The lowest BCUT2D eigenvalue weighted by molar-refractivity contribution is 1.66. The monoisotopic (exact) mass is 768 g/mol. The summed E-state index contributed by atoms with van der Waals surface area (Å²) in [5.41, 5.74) is 7.58. The average Bonchev–Trinajstić information content (AvgIpc) is 3.82. The van der Waals surface area contributed by atoms with E-state index in [0.717, 1.165) is 0 Å². The minimum Gasteiger partial charge on any atom is -0.135 e. The van der Waals surface area contributed by atoms with Gasteiger partial charge in [-0.3, -0.25) is 0 Å². The van der Waals surface area contributed by atoms with Crippen LogP contribution in [0.3, 0.4) is 0 Å². The molecule has 0 N–H and O–H groups in total. The fraction of sp³-hybridized carbons (Fsp3) is 0. The Morgan fingerprint density at radius 3 is 1.47 bits per heavy atom. The lowest BCUT2D eigenvalue weighted by Gasteiger charge is -2.20. The van der Waals surface area contributed by atoms with Gasteiger partial charge in [0.05, 0.1) is 0 Å². The molecule has 0 fully saturated rings. The van der Waals surface area contributed by atoms with Gasteiger partial charge in [0, 0.05) is 40.3 Å². The summed E-state index contributed by atoms with van der Waals surface area (Å²) in [6.07, 6.45) is 0. The molecule has 0 saturated carbocycles. The summed E-state index contributed by atoms with van der Waals surface area (Å²) in [6.45, 7) is 0. The van der Waals surface area contributed by atoms with E-state index in [9.17, 15) is 0 Å². The zero-order chi connectivity index (χ0) is 37.9. The maximum Gasteiger partial charge on any atom is 0.0369 e. The lowest BCUT2D eigenvalue weighted by Crippen LogP contribution is -1.92. The SMILES string of the molecule is c1ccc2cc(-c3c4ccccc4c(-c4ccc(-c5ccc6cc7c(cc6c5)sc5cc6sc8ccccc8c6cc57)c5ccccc45)c4ccccc34)ccc2c1. The maximum atomic E-state index is 2.43. The zero-order valence-corrected chi connectivity index (χ0v) is 32.9. The smallest absolute Gasteiger partial charge is 0.0369 e. The lowest BCUT2D eigenvalue weighted by atomic mass is 9.83. The molecule has 0 aliphatic carbocycles. The highest BCUT2D eigenvalue weighted by Crippen LogP contribution is 2.48. The number of hydrogen-bond donors (Lipinski definition) is 0. The zero-order valence-electron chi connectivity index (χ0n) is 31.3. The molecular weight excluding hydrogens is 737 g/mol. The van der Waals surface area contributed by atoms with Crippen LogP contribution in [0, 0.1) is 0 Å². The van der Waals surface area contributed by atoms with Gasteiger partial charge in [0.1, 0.15) is 0 Å². The molecule has 0 atom stereocenters. The number of rotatable bonds is 3. The molecule has 0 bridgehead atoms. The van der Waals surface area contributed by atoms with Crippen molar-refractivity contribution in [3.8, 4) is 33.4 Å². The van der Waals surface area contributed by atoms with Gasteiger partial charge < -0.3 is 0 Å². The van der Waals surface area contributed by atoms with E-state index < -0.39 is 0 Å². The Morgan fingerprint density at radius 2 is 0.707 bits per heavy atom. The van der Waals surface area contributed by atoms with E-state index in [0.29, 0.717) is 0 Å². The second-order valence-electron chi connectivity index (χ2n) is 15.6. The van der Waals surface area contributed by atoms with E-state index in [4.69, 9.17) is 0 Å². The first-order chi connectivity index (χ1) is 28.7. The van der Waals surface area contributed by atoms with E-state index in [1.54, 1.807) is 0 Å². The van der Waals surface area contributed by atoms with Gasteiger partial charge in [0.15, 0.2) is 0 Å². The maximum absolute atomic E-state index is 2.43. The first-order valence-corrected chi connectivity index (χ1v) is 21.5. The fourth-order valence-corrected chi connectivity index (χ4v) is 12.1. The number of thiophene rings is 2. The van der Waals surface area contributed by atoms with Crippen molar-refractivity contribution in [2.45, 2.75) is 0 Å². The highest BCUT2D eigenvalue weighted by molar-refractivity contribution is 7.28. The van der Waals surface area contributed by atoms with Crippen molar-refractivity contribution in [2.75, 3.05) is 0 Å². The molecule has 0 amide bonds. The van der Waals surface area contributed by atoms with Crippen LogP contribution in [0.2, 0.25) is 0 Å². The van der Waals surface area contributed by atoms with Crippen LogP contribution in [0.25, 0.3) is 128 Å². The normalized spacial score (nSPS) is 12.1. The third kappa shape index (κ3) is 4.74. The Labute approximate surface area is 342 Å². The Balaban J connectivity index is 0.987. The van der Waals surface area contributed by atoms with Crippen LogP contribution in [-0.4, -0.2) is 0 Å². The summed E-state index contributed by atoms with van der Waals surface area (Å²) >= 11 is 3.81. The summed E-state index contributed by atoms with van der Waals surface area (Å²) in [4.78, 5) is 0. The van der Waals surface area contributed by atoms with Crippen LogP contribution in [0.5, 0.6) is 0 Å². The summed E-state index contributed by atoms with van der Waals surface area (Å²) in [5.74, 6) is 0. The van der Waals surface area contributed by atoms with Gasteiger partial charge in [0.2, 0.25) is 0 Å². The summed E-state index contributed by atoms with van der Waals surface area (Å²) in [6, 6.07) is 72.7. The summed E-state index contributed by atoms with van der Waals surface area (Å²) < 4.78 is 5.42. The predicted molar refractivity (Wildman–Crippen MR) is 256 cm³/mol. The van der Waals surface area contributed by atoms with E-state index >= 15 is 0 Å². The molecule has 2 aromatic heterocycles. The molecule has 0 nitrogen and oxygen atoms in total. The van der Waals surface area contributed by atoms with Gasteiger partial charge >= 0.3 is 0 Å². The third-order valence-corrected chi connectivity index (χ3v) is 14.7. The quantitative estimate of drug-likeness (QED) is 0.157. The molecule has 0 aliphatic rings. The van der Waals surface area contributed by atoms with Crippen LogP contribution in [0.4, 0.5) is 0 Å². The van der Waals surface area contributed by atoms with Gasteiger partial charge in [0.25, 0.3) is 0 Å². The predicted octanol–water partition coefficient (Wildman–Crippen LogP) is 17.2. The minimum atomic E-state index is 1.24. The van der Waals surface area contributed by atoms with E-state index in [-0.39, 0.29) is 0 Å². The van der Waals surface area contributed by atoms with Crippen LogP contribution >= 0.6 is 22.7 Å². The molecule has 0 unspecified atom stereocenters. The highest BCUT2D eigenvalue weighted by Gasteiger charge is 2.20. The largest absolute Gasteiger partial charge is 0.135 e. The van der Waals surface area contributed by atoms with Gasteiger partial charge in [-0.15, -0.1) is 22.7 Å². The van der Waals surface area contributed by atoms with Gasteiger partial charge in [-0.25, -0.2) is 0 Å². The molecule has 0 saturated heterocycles. The molecule has 2 heteroatoms. The molecule has 2 heterocycles. The third-order valence-electron chi connectivity index (χ3n) is 12.4. The summed E-state index contributed by atoms with van der Waals surface area (Å²) in [7, 11) is 0. The standard InChI is InChI=1S/C56H32S2/c1-2-12-34-27-37(24-21-33(34)11-1)55-43-16-5-7-18-45(43)56(46-19-8-6-17-44(46)55)47-26-25-39(40-13-3-4-14-41(40)47)36-23-22-35-29-48-50-31-49-42-15-9-10-20-51(42)57-53(49)32-54(50)58-52(48)30-38(35)28-36/h1-32H. The molecule has 58 heavy (non-hydrogen) atoms. The van der Waals surface area contributed by atoms with Crippen LogP contribution in [0.15, 0.2) is 194 Å². The van der Waals surface area contributed by atoms with Crippen molar-refractivity contribution in [3.05, 3.63) is 194 Å². The number of benzene rings is 11. The molecular formula is C56H32S2. The van der Waals surface area contributed by atoms with Gasteiger partial charge in [-0.2, -0.15) is 0 Å². The van der Waals surface area contributed by atoms with Crippen molar-refractivity contribution in [3.63, 3.8) is 0 Å². The molecule has 11 aromatic carbocycles. The van der Waals surface area contributed by atoms with Crippen LogP contribution < -0.4 is 0 Å². The van der Waals surface area contributed by atoms with Gasteiger partial charge in [-0.1, -0.05) is 152 Å². The summed E-state index contributed by atoms with van der Waals surface area (Å²) in [5, 5.41) is 18.1. The van der Waals surface area contributed by atoms with Crippen LogP contribution in [0.1, 0.15) is 0 Å². The molecule has 0 aliphatic heterocycles. The highest BCUT2D eigenvalue weighted by atomic mass is 32.1. The first kappa shape index (κ1) is 32.3. The molecule has 0 radical (unpaired) electrons. The fourth-order valence-electron chi connectivity index (χ4n) is 9.75. The Bertz CT molecular complexity index is 3800. The number of fused-ring (bicyclic) bond motifs is 11.